The Hall–Kier alpha value is -2.58. The minimum absolute atomic E-state index is 0.163. The summed E-state index contributed by atoms with van der Waals surface area (Å²) >= 11 is 11.6. The highest BCUT2D eigenvalue weighted by atomic mass is 35.5. The fourth-order valence-electron chi connectivity index (χ4n) is 2.55. The second kappa shape index (κ2) is 7.10. The third kappa shape index (κ3) is 3.57. The van der Waals surface area contributed by atoms with Crippen molar-refractivity contribution in [2.75, 3.05) is 0 Å². The van der Waals surface area contributed by atoms with E-state index >= 15 is 0 Å². The third-order valence-corrected chi connectivity index (χ3v) is 4.59. The number of benzene rings is 2. The van der Waals surface area contributed by atoms with Crippen molar-refractivity contribution in [3.63, 3.8) is 0 Å². The van der Waals surface area contributed by atoms with Gasteiger partial charge < -0.3 is 10.6 Å². The molecule has 28 heavy (non-hydrogen) atoms. The number of amidine groups is 1. The van der Waals surface area contributed by atoms with E-state index in [2.05, 4.69) is 10.3 Å². The van der Waals surface area contributed by atoms with E-state index in [1.165, 1.54) is 24.3 Å². The van der Waals surface area contributed by atoms with Crippen LogP contribution in [0, 0.1) is 6.92 Å². The van der Waals surface area contributed by atoms with Gasteiger partial charge in [0.1, 0.15) is 5.84 Å². The first-order valence-electron chi connectivity index (χ1n) is 7.86. The molecule has 2 amide bonds. The molecule has 1 aliphatic rings. The number of aryl methyl sites for hydroxylation is 1. The van der Waals surface area contributed by atoms with Crippen LogP contribution in [-0.2, 0) is 4.79 Å². The maximum Gasteiger partial charge on any atom is 0.442 e. The van der Waals surface area contributed by atoms with Crippen molar-refractivity contribution in [3.8, 4) is 0 Å². The molecule has 5 nitrogen and oxygen atoms in total. The zero-order valence-electron chi connectivity index (χ0n) is 14.2. The van der Waals surface area contributed by atoms with Gasteiger partial charge in [-0.3, -0.25) is 9.59 Å². The molecule has 1 aliphatic heterocycles. The summed E-state index contributed by atoms with van der Waals surface area (Å²) in [6, 6.07) is 9.98. The Bertz CT molecular complexity index is 991. The van der Waals surface area contributed by atoms with Gasteiger partial charge in [-0.25, -0.2) is 4.99 Å². The molecule has 1 heterocycles. The minimum Gasteiger partial charge on any atom is -0.312 e. The Balaban J connectivity index is 2.02. The lowest BCUT2D eigenvalue weighted by Crippen LogP contribution is -2.63. The van der Waals surface area contributed by atoms with Crippen molar-refractivity contribution in [2.45, 2.75) is 18.8 Å². The second-order valence-corrected chi connectivity index (χ2v) is 6.91. The summed E-state index contributed by atoms with van der Waals surface area (Å²) in [5, 5.41) is 3.80. The minimum atomic E-state index is -5.20. The molecule has 2 N–H and O–H groups in total. The highest BCUT2D eigenvalue weighted by Gasteiger charge is 2.65. The summed E-state index contributed by atoms with van der Waals surface area (Å²) in [7, 11) is 0. The van der Waals surface area contributed by atoms with Gasteiger partial charge in [-0.05, 0) is 25.1 Å². The van der Waals surface area contributed by atoms with Gasteiger partial charge in [0.05, 0.1) is 10.6 Å². The third-order valence-electron chi connectivity index (χ3n) is 4.05. The van der Waals surface area contributed by atoms with Crippen molar-refractivity contribution in [2.24, 2.45) is 4.99 Å². The molecule has 0 aliphatic carbocycles. The zero-order valence-corrected chi connectivity index (χ0v) is 15.7. The SMILES string of the molecule is Cc1ccc(C2=N[C@@](NC(=O)c3ccc(Cl)cc3Cl)(C(F)(F)F)C(=O)N2)cc1. The van der Waals surface area contributed by atoms with Gasteiger partial charge in [-0.2, -0.15) is 13.2 Å². The van der Waals surface area contributed by atoms with Gasteiger partial charge >= 0.3 is 11.8 Å². The molecule has 0 saturated heterocycles. The Morgan fingerprint density at radius 1 is 1.14 bits per heavy atom. The maximum absolute atomic E-state index is 13.8. The largest absolute Gasteiger partial charge is 0.442 e. The van der Waals surface area contributed by atoms with E-state index in [-0.39, 0.29) is 27.0 Å². The van der Waals surface area contributed by atoms with Gasteiger partial charge in [0.25, 0.3) is 11.8 Å². The molecule has 0 aromatic heterocycles. The summed E-state index contributed by atoms with van der Waals surface area (Å²) in [5.74, 6) is -3.04. The number of hydrogen-bond donors (Lipinski definition) is 2. The normalized spacial score (nSPS) is 19.2. The van der Waals surface area contributed by atoms with E-state index in [0.29, 0.717) is 0 Å². The number of aliphatic imine (C=N–C) groups is 1. The number of nitrogens with zero attached hydrogens (tertiary/aromatic N) is 1. The molecule has 2 aromatic carbocycles. The number of carbonyl (C=O) groups excluding carboxylic acids is 2. The fraction of sp³-hybridized carbons (Fsp3) is 0.167. The summed E-state index contributed by atoms with van der Waals surface area (Å²) in [5.41, 5.74) is -2.61. The van der Waals surface area contributed by atoms with Gasteiger partial charge in [-0.15, -0.1) is 0 Å². The lowest BCUT2D eigenvalue weighted by Gasteiger charge is -2.27. The summed E-state index contributed by atoms with van der Waals surface area (Å²) in [6.07, 6.45) is -5.20. The molecule has 146 valence electrons. The number of nitrogens with one attached hydrogen (secondary N) is 2. The zero-order chi connectivity index (χ0) is 20.7. The Morgan fingerprint density at radius 3 is 2.36 bits per heavy atom. The van der Waals surface area contributed by atoms with Gasteiger partial charge in [-0.1, -0.05) is 53.0 Å². The fourth-order valence-corrected chi connectivity index (χ4v) is 3.04. The van der Waals surface area contributed by atoms with E-state index in [4.69, 9.17) is 23.2 Å². The topological polar surface area (TPSA) is 70.6 Å². The van der Waals surface area contributed by atoms with E-state index in [1.807, 2.05) is 0 Å². The van der Waals surface area contributed by atoms with Gasteiger partial charge in [0.2, 0.25) is 0 Å². The van der Waals surface area contributed by atoms with E-state index < -0.39 is 23.7 Å². The van der Waals surface area contributed by atoms with E-state index in [0.717, 1.165) is 11.6 Å². The standard InChI is InChI=1S/C18H12Cl2F3N3O2/c1-9-2-4-10(5-3-9)14-24-16(28)17(25-14,18(21,22)23)26-15(27)12-7-6-11(19)8-13(12)20/h2-8H,1H3,(H,26,27)(H,24,25,28)/t17-/m0/s1. The predicted octanol–water partition coefficient (Wildman–Crippen LogP) is 3.87. The first-order chi connectivity index (χ1) is 13.0. The summed E-state index contributed by atoms with van der Waals surface area (Å²) in [4.78, 5) is 28.2. The molecular formula is C18H12Cl2F3N3O2. The average Bonchev–Trinajstić information content (AvgIpc) is 2.93. The lowest BCUT2D eigenvalue weighted by atomic mass is 10.1. The average molecular weight is 430 g/mol. The number of carbonyl (C=O) groups is 2. The molecule has 0 radical (unpaired) electrons. The van der Waals surface area contributed by atoms with Crippen LogP contribution in [0.2, 0.25) is 10.0 Å². The van der Waals surface area contributed by atoms with Crippen molar-refractivity contribution in [1.29, 1.82) is 0 Å². The highest BCUT2D eigenvalue weighted by Crippen LogP contribution is 2.36. The molecule has 0 unspecified atom stereocenters. The van der Waals surface area contributed by atoms with E-state index in [1.54, 1.807) is 24.4 Å². The monoisotopic (exact) mass is 429 g/mol. The van der Waals surface area contributed by atoms with Crippen LogP contribution in [0.3, 0.4) is 0 Å². The molecule has 0 bridgehead atoms. The predicted molar refractivity (Wildman–Crippen MR) is 98.6 cm³/mol. The van der Waals surface area contributed by atoms with Gasteiger partial charge in [0.15, 0.2) is 0 Å². The van der Waals surface area contributed by atoms with Crippen LogP contribution in [0.15, 0.2) is 47.5 Å². The van der Waals surface area contributed by atoms with Crippen LogP contribution in [0.4, 0.5) is 13.2 Å². The molecule has 0 spiro atoms. The molecule has 0 fully saturated rings. The van der Waals surface area contributed by atoms with Crippen LogP contribution in [0.5, 0.6) is 0 Å². The molecule has 0 saturated carbocycles. The first kappa shape index (κ1) is 20.2. The van der Waals surface area contributed by atoms with Crippen LogP contribution in [0.25, 0.3) is 0 Å². The summed E-state index contributed by atoms with van der Waals surface area (Å²) in [6.45, 7) is 1.80. The van der Waals surface area contributed by atoms with Crippen LogP contribution >= 0.6 is 23.2 Å². The Morgan fingerprint density at radius 2 is 1.79 bits per heavy atom. The quantitative estimate of drug-likeness (QED) is 0.777. The van der Waals surface area contributed by atoms with Crippen LogP contribution < -0.4 is 10.6 Å². The van der Waals surface area contributed by atoms with E-state index in [9.17, 15) is 22.8 Å². The van der Waals surface area contributed by atoms with Crippen LogP contribution in [-0.4, -0.2) is 29.5 Å². The molecular weight excluding hydrogens is 418 g/mol. The molecule has 2 aromatic rings. The molecule has 10 heteroatoms. The number of hydrogen-bond acceptors (Lipinski definition) is 3. The molecule has 1 atom stereocenters. The van der Waals surface area contributed by atoms with Crippen molar-refractivity contribution < 1.29 is 22.8 Å². The Kier molecular flexibility index (Phi) is 5.12. The number of rotatable bonds is 3. The smallest absolute Gasteiger partial charge is 0.312 e. The number of amides is 2. The summed E-state index contributed by atoms with van der Waals surface area (Å²) < 4.78 is 41.5. The van der Waals surface area contributed by atoms with Gasteiger partial charge in [0, 0.05) is 10.6 Å². The second-order valence-electron chi connectivity index (χ2n) is 6.07. The lowest BCUT2D eigenvalue weighted by molar-refractivity contribution is -0.192. The molecule has 3 rings (SSSR count). The van der Waals surface area contributed by atoms with Crippen molar-refractivity contribution in [1.82, 2.24) is 10.6 Å². The number of alkyl halides is 3. The Labute approximate surface area is 167 Å². The van der Waals surface area contributed by atoms with Crippen LogP contribution in [0.1, 0.15) is 21.5 Å². The number of halogens is 5. The first-order valence-corrected chi connectivity index (χ1v) is 8.62. The van der Waals surface area contributed by atoms with Crippen molar-refractivity contribution >= 4 is 40.9 Å². The highest BCUT2D eigenvalue weighted by molar-refractivity contribution is 6.36. The maximum atomic E-state index is 13.8. The van der Waals surface area contributed by atoms with Crippen molar-refractivity contribution in [3.05, 3.63) is 69.2 Å².